The third-order valence-electron chi connectivity index (χ3n) is 2.87. The van der Waals surface area contributed by atoms with Crippen LogP contribution in [0, 0.1) is 0 Å². The number of fused-ring (bicyclic) bond motifs is 1. The van der Waals surface area contributed by atoms with Gasteiger partial charge in [-0.3, -0.25) is 0 Å². The molecular weight excluding hydrogens is 174 g/mol. The van der Waals surface area contributed by atoms with E-state index in [1.54, 1.807) is 0 Å². The first-order chi connectivity index (χ1) is 6.72. The maximum Gasteiger partial charge on any atom is 0.0605 e. The van der Waals surface area contributed by atoms with Gasteiger partial charge in [-0.25, -0.2) is 0 Å². The molecule has 0 unspecified atom stereocenters. The van der Waals surface area contributed by atoms with E-state index in [0.29, 0.717) is 6.54 Å². The van der Waals surface area contributed by atoms with E-state index in [4.69, 9.17) is 5.73 Å². The Morgan fingerprint density at radius 1 is 1.14 bits per heavy atom. The molecule has 1 aliphatic heterocycles. The standard InChI is InChI=1S/C11H17N3/c1-13-5-6-14(2)11-7-9(8-12)3-4-10(11)13/h3-4,7H,5-6,8,12H2,1-2H3. The van der Waals surface area contributed by atoms with Crippen molar-refractivity contribution in [3.8, 4) is 0 Å². The zero-order valence-corrected chi connectivity index (χ0v) is 8.83. The highest BCUT2D eigenvalue weighted by atomic mass is 15.2. The third kappa shape index (κ3) is 1.44. The minimum atomic E-state index is 0.616. The van der Waals surface area contributed by atoms with Crippen molar-refractivity contribution in [1.29, 1.82) is 0 Å². The van der Waals surface area contributed by atoms with Crippen LogP contribution in [0.2, 0.25) is 0 Å². The molecule has 0 fully saturated rings. The summed E-state index contributed by atoms with van der Waals surface area (Å²) in [6, 6.07) is 6.45. The van der Waals surface area contributed by atoms with E-state index in [2.05, 4.69) is 42.1 Å². The summed E-state index contributed by atoms with van der Waals surface area (Å²) < 4.78 is 0. The third-order valence-corrected chi connectivity index (χ3v) is 2.87. The van der Waals surface area contributed by atoms with Gasteiger partial charge in [0.25, 0.3) is 0 Å². The lowest BCUT2D eigenvalue weighted by molar-refractivity contribution is 0.796. The smallest absolute Gasteiger partial charge is 0.0605 e. The van der Waals surface area contributed by atoms with Gasteiger partial charge in [0.15, 0.2) is 0 Å². The molecule has 3 nitrogen and oxygen atoms in total. The molecule has 2 N–H and O–H groups in total. The highest BCUT2D eigenvalue weighted by Crippen LogP contribution is 2.31. The Kier molecular flexibility index (Phi) is 2.33. The van der Waals surface area contributed by atoms with Crippen molar-refractivity contribution < 1.29 is 0 Å². The summed E-state index contributed by atoms with van der Waals surface area (Å²) in [6.07, 6.45) is 0. The molecule has 0 spiro atoms. The molecule has 1 aromatic rings. The van der Waals surface area contributed by atoms with E-state index in [0.717, 1.165) is 13.1 Å². The van der Waals surface area contributed by atoms with Crippen LogP contribution in [0.1, 0.15) is 5.56 Å². The van der Waals surface area contributed by atoms with Gasteiger partial charge in [-0.05, 0) is 17.7 Å². The molecule has 3 heteroatoms. The van der Waals surface area contributed by atoms with Gasteiger partial charge >= 0.3 is 0 Å². The van der Waals surface area contributed by atoms with E-state index in [9.17, 15) is 0 Å². The topological polar surface area (TPSA) is 32.5 Å². The lowest BCUT2D eigenvalue weighted by Gasteiger charge is -2.35. The van der Waals surface area contributed by atoms with Crippen LogP contribution >= 0.6 is 0 Å². The van der Waals surface area contributed by atoms with Crippen LogP contribution in [0.5, 0.6) is 0 Å². The number of hydrogen-bond donors (Lipinski definition) is 1. The second-order valence-corrected chi connectivity index (χ2v) is 3.87. The van der Waals surface area contributed by atoms with Crippen molar-refractivity contribution in [1.82, 2.24) is 0 Å². The zero-order valence-electron chi connectivity index (χ0n) is 8.83. The largest absolute Gasteiger partial charge is 0.371 e. The molecule has 0 aromatic heterocycles. The predicted octanol–water partition coefficient (Wildman–Crippen LogP) is 1.03. The first kappa shape index (κ1) is 9.34. The fraction of sp³-hybridized carbons (Fsp3) is 0.455. The first-order valence-corrected chi connectivity index (χ1v) is 4.97. The predicted molar refractivity (Wildman–Crippen MR) is 60.9 cm³/mol. The normalized spacial score (nSPS) is 15.6. The Morgan fingerprint density at radius 2 is 1.79 bits per heavy atom. The van der Waals surface area contributed by atoms with Gasteiger partial charge < -0.3 is 15.5 Å². The van der Waals surface area contributed by atoms with Crippen LogP contribution in [0.4, 0.5) is 11.4 Å². The fourth-order valence-electron chi connectivity index (χ4n) is 1.87. The van der Waals surface area contributed by atoms with E-state index >= 15 is 0 Å². The van der Waals surface area contributed by atoms with Gasteiger partial charge in [0.2, 0.25) is 0 Å². The van der Waals surface area contributed by atoms with Crippen LogP contribution in [-0.4, -0.2) is 27.2 Å². The van der Waals surface area contributed by atoms with Crippen molar-refractivity contribution in [2.24, 2.45) is 5.73 Å². The highest BCUT2D eigenvalue weighted by Gasteiger charge is 2.17. The number of hydrogen-bond acceptors (Lipinski definition) is 3. The molecule has 0 saturated carbocycles. The second kappa shape index (κ2) is 3.50. The molecule has 1 heterocycles. The summed E-state index contributed by atoms with van der Waals surface area (Å²) in [4.78, 5) is 4.57. The minimum absolute atomic E-state index is 0.616. The number of nitrogens with zero attached hydrogens (tertiary/aromatic N) is 2. The minimum Gasteiger partial charge on any atom is -0.371 e. The summed E-state index contributed by atoms with van der Waals surface area (Å²) in [5.74, 6) is 0. The van der Waals surface area contributed by atoms with E-state index in [-0.39, 0.29) is 0 Å². The van der Waals surface area contributed by atoms with Crippen molar-refractivity contribution >= 4 is 11.4 Å². The average Bonchev–Trinajstić information content (AvgIpc) is 2.23. The Bertz CT molecular complexity index is 335. The van der Waals surface area contributed by atoms with Crippen LogP contribution in [-0.2, 0) is 6.54 Å². The SMILES string of the molecule is CN1CCN(C)c2cc(CN)ccc21. The molecule has 14 heavy (non-hydrogen) atoms. The molecule has 1 aromatic carbocycles. The molecule has 0 bridgehead atoms. The summed E-state index contributed by atoms with van der Waals surface area (Å²) in [7, 11) is 4.26. The molecule has 0 saturated heterocycles. The monoisotopic (exact) mass is 191 g/mol. The Labute approximate surface area is 85.1 Å². The van der Waals surface area contributed by atoms with Crippen LogP contribution in [0.3, 0.4) is 0 Å². The summed E-state index contributed by atoms with van der Waals surface area (Å²) >= 11 is 0. The van der Waals surface area contributed by atoms with Crippen molar-refractivity contribution in [3.05, 3.63) is 23.8 Å². The molecular formula is C11H17N3. The highest BCUT2D eigenvalue weighted by molar-refractivity contribution is 5.73. The van der Waals surface area contributed by atoms with E-state index in [1.165, 1.54) is 16.9 Å². The molecule has 0 atom stereocenters. The number of likely N-dealkylation sites (N-methyl/N-ethyl adjacent to an activating group) is 2. The lowest BCUT2D eigenvalue weighted by atomic mass is 10.1. The first-order valence-electron chi connectivity index (χ1n) is 4.97. The molecule has 1 aliphatic rings. The van der Waals surface area contributed by atoms with Crippen LogP contribution in [0.25, 0.3) is 0 Å². The van der Waals surface area contributed by atoms with Gasteiger partial charge in [-0.15, -0.1) is 0 Å². The van der Waals surface area contributed by atoms with Crippen LogP contribution < -0.4 is 15.5 Å². The van der Waals surface area contributed by atoms with Crippen molar-refractivity contribution in [3.63, 3.8) is 0 Å². The quantitative estimate of drug-likeness (QED) is 0.719. The molecule has 2 rings (SSSR count). The van der Waals surface area contributed by atoms with Gasteiger partial charge in [-0.2, -0.15) is 0 Å². The van der Waals surface area contributed by atoms with Gasteiger partial charge in [-0.1, -0.05) is 6.07 Å². The summed E-state index contributed by atoms with van der Waals surface area (Å²) in [5.41, 5.74) is 9.43. The summed E-state index contributed by atoms with van der Waals surface area (Å²) in [6.45, 7) is 2.79. The number of nitrogens with two attached hydrogens (primary N) is 1. The lowest BCUT2D eigenvalue weighted by Crippen LogP contribution is -2.36. The molecule has 0 radical (unpaired) electrons. The maximum absolute atomic E-state index is 5.63. The van der Waals surface area contributed by atoms with Crippen LogP contribution in [0.15, 0.2) is 18.2 Å². The Morgan fingerprint density at radius 3 is 2.43 bits per heavy atom. The van der Waals surface area contributed by atoms with Crippen molar-refractivity contribution in [2.75, 3.05) is 37.0 Å². The van der Waals surface area contributed by atoms with Gasteiger partial charge in [0, 0.05) is 33.7 Å². The fourth-order valence-corrected chi connectivity index (χ4v) is 1.87. The van der Waals surface area contributed by atoms with E-state index < -0.39 is 0 Å². The summed E-state index contributed by atoms with van der Waals surface area (Å²) in [5, 5.41) is 0. The van der Waals surface area contributed by atoms with Gasteiger partial charge in [0.05, 0.1) is 11.4 Å². The number of rotatable bonds is 1. The van der Waals surface area contributed by atoms with E-state index in [1.807, 2.05) is 0 Å². The Hall–Kier alpha value is -1.22. The molecule has 76 valence electrons. The average molecular weight is 191 g/mol. The molecule has 0 amide bonds. The van der Waals surface area contributed by atoms with Gasteiger partial charge in [0.1, 0.15) is 0 Å². The number of anilines is 2. The second-order valence-electron chi connectivity index (χ2n) is 3.87. The maximum atomic E-state index is 5.63. The Balaban J connectivity index is 2.45. The molecule has 0 aliphatic carbocycles. The van der Waals surface area contributed by atoms with Crippen molar-refractivity contribution in [2.45, 2.75) is 6.54 Å². The zero-order chi connectivity index (χ0) is 10.1. The number of benzene rings is 1.